The molecule has 2 aromatic rings. The first-order chi connectivity index (χ1) is 12.5. The molecule has 0 spiro atoms. The minimum Gasteiger partial charge on any atom is -0.492 e. The number of aryl methyl sites for hydroxylation is 1. The van der Waals surface area contributed by atoms with Gasteiger partial charge in [-0.2, -0.15) is 5.10 Å². The van der Waals surface area contributed by atoms with Crippen LogP contribution in [-0.2, 0) is 16.0 Å². The van der Waals surface area contributed by atoms with E-state index in [2.05, 4.69) is 15.5 Å². The van der Waals surface area contributed by atoms with Crippen molar-refractivity contribution in [1.82, 2.24) is 15.5 Å². The molecule has 2 aliphatic heterocycles. The second-order valence-corrected chi connectivity index (χ2v) is 6.51. The number of benzene rings is 1. The molecule has 0 radical (unpaired) electrons. The van der Waals surface area contributed by atoms with Crippen LogP contribution in [0.15, 0.2) is 18.2 Å². The molecule has 26 heavy (non-hydrogen) atoms. The lowest BCUT2D eigenvalue weighted by atomic mass is 10.0. The highest BCUT2D eigenvalue weighted by Gasteiger charge is 2.33. The van der Waals surface area contributed by atoms with Gasteiger partial charge >= 0.3 is 6.09 Å². The summed E-state index contributed by atoms with van der Waals surface area (Å²) in [6.45, 7) is 4.67. The van der Waals surface area contributed by atoms with Gasteiger partial charge in [0, 0.05) is 36.2 Å². The monoisotopic (exact) mass is 356 g/mol. The van der Waals surface area contributed by atoms with Crippen LogP contribution in [0.1, 0.15) is 18.2 Å². The Hall–Kier alpha value is -3.03. The summed E-state index contributed by atoms with van der Waals surface area (Å²) in [4.78, 5) is 24.8. The lowest BCUT2D eigenvalue weighted by Gasteiger charge is -2.16. The summed E-state index contributed by atoms with van der Waals surface area (Å²) in [5.74, 6) is 0.550. The molecule has 2 N–H and O–H groups in total. The molecule has 8 nitrogen and oxygen atoms in total. The topological polar surface area (TPSA) is 96.5 Å². The molecule has 0 unspecified atom stereocenters. The number of carbonyl (C=O) groups excluding carboxylic acids is 2. The summed E-state index contributed by atoms with van der Waals surface area (Å²) in [6.07, 6.45) is -0.0105. The number of rotatable bonds is 3. The molecular weight excluding hydrogens is 336 g/mol. The fraction of sp³-hybridized carbons (Fsp3) is 0.389. The number of fused-ring (bicyclic) bond motifs is 3. The zero-order valence-electron chi connectivity index (χ0n) is 14.7. The molecular formula is C18H20N4O4. The smallest absolute Gasteiger partial charge is 0.414 e. The number of ether oxygens (including phenoxy) is 2. The SMILES string of the molecule is CC(=O)NC[C@H]1CN(c2ccc3c(c2)OCCc2c-3n[nH]c2C)C(=O)O1. The molecule has 136 valence electrons. The second kappa shape index (κ2) is 6.36. The summed E-state index contributed by atoms with van der Waals surface area (Å²) < 4.78 is 11.2. The van der Waals surface area contributed by atoms with Crippen molar-refractivity contribution >= 4 is 17.7 Å². The van der Waals surface area contributed by atoms with Crippen molar-refractivity contribution in [3.05, 3.63) is 29.5 Å². The van der Waals surface area contributed by atoms with E-state index in [1.165, 1.54) is 6.92 Å². The van der Waals surface area contributed by atoms with Gasteiger partial charge in [-0.3, -0.25) is 14.8 Å². The lowest BCUT2D eigenvalue weighted by Crippen LogP contribution is -2.33. The van der Waals surface area contributed by atoms with E-state index in [-0.39, 0.29) is 12.0 Å². The molecule has 1 saturated heterocycles. The van der Waals surface area contributed by atoms with E-state index < -0.39 is 6.09 Å². The molecule has 2 aliphatic rings. The standard InChI is InChI=1S/C18H20N4O4/c1-10-14-5-6-25-16-7-12(3-4-15(16)17(14)21-20-10)22-9-13(26-18(22)24)8-19-11(2)23/h3-4,7,13H,5-6,8-9H2,1-2H3,(H,19,23)(H,20,21)/t13-/m0/s1. The van der Waals surface area contributed by atoms with E-state index in [0.29, 0.717) is 31.1 Å². The first-order valence-corrected chi connectivity index (χ1v) is 8.56. The maximum atomic E-state index is 12.2. The van der Waals surface area contributed by atoms with Crippen molar-refractivity contribution in [2.45, 2.75) is 26.4 Å². The Morgan fingerprint density at radius 1 is 1.46 bits per heavy atom. The van der Waals surface area contributed by atoms with Crippen LogP contribution >= 0.6 is 0 Å². The van der Waals surface area contributed by atoms with Crippen molar-refractivity contribution < 1.29 is 19.1 Å². The van der Waals surface area contributed by atoms with Crippen LogP contribution in [0.2, 0.25) is 0 Å². The number of carbonyl (C=O) groups is 2. The number of H-pyrrole nitrogens is 1. The van der Waals surface area contributed by atoms with E-state index in [0.717, 1.165) is 28.9 Å². The second-order valence-electron chi connectivity index (χ2n) is 6.51. The quantitative estimate of drug-likeness (QED) is 0.874. The molecule has 0 aliphatic carbocycles. The number of cyclic esters (lactones) is 1. The van der Waals surface area contributed by atoms with Crippen molar-refractivity contribution in [3.8, 4) is 17.0 Å². The summed E-state index contributed by atoms with van der Waals surface area (Å²) >= 11 is 0. The van der Waals surface area contributed by atoms with Crippen LogP contribution in [-0.4, -0.2) is 48.0 Å². The minimum absolute atomic E-state index is 0.150. The Morgan fingerprint density at radius 3 is 3.12 bits per heavy atom. The van der Waals surface area contributed by atoms with E-state index in [9.17, 15) is 9.59 Å². The predicted octanol–water partition coefficient (Wildman–Crippen LogP) is 1.78. The number of aromatic nitrogens is 2. The molecule has 1 fully saturated rings. The molecule has 0 saturated carbocycles. The third-order valence-corrected chi connectivity index (χ3v) is 4.67. The van der Waals surface area contributed by atoms with Crippen molar-refractivity contribution in [3.63, 3.8) is 0 Å². The minimum atomic E-state index is -0.426. The van der Waals surface area contributed by atoms with Gasteiger partial charge < -0.3 is 14.8 Å². The van der Waals surface area contributed by atoms with E-state index in [1.54, 1.807) is 4.90 Å². The Kier molecular flexibility index (Phi) is 4.02. The van der Waals surface area contributed by atoms with Crippen molar-refractivity contribution in [1.29, 1.82) is 0 Å². The number of amides is 2. The summed E-state index contributed by atoms with van der Waals surface area (Å²) in [5, 5.41) is 10.1. The van der Waals surface area contributed by atoms with Crippen molar-refractivity contribution in [2.24, 2.45) is 0 Å². The first-order valence-electron chi connectivity index (χ1n) is 8.56. The maximum Gasteiger partial charge on any atom is 0.414 e. The number of aromatic amines is 1. The highest BCUT2D eigenvalue weighted by molar-refractivity contribution is 5.91. The summed E-state index contributed by atoms with van der Waals surface area (Å²) in [5.41, 5.74) is 4.72. The zero-order chi connectivity index (χ0) is 18.3. The average Bonchev–Trinajstić information content (AvgIpc) is 3.10. The van der Waals surface area contributed by atoms with Gasteiger partial charge in [0.25, 0.3) is 0 Å². The van der Waals surface area contributed by atoms with Gasteiger partial charge in [0.05, 0.1) is 31.1 Å². The van der Waals surface area contributed by atoms with Crippen LogP contribution in [0.3, 0.4) is 0 Å². The summed E-state index contributed by atoms with van der Waals surface area (Å²) in [7, 11) is 0. The molecule has 1 atom stereocenters. The average molecular weight is 356 g/mol. The number of anilines is 1. The Balaban J connectivity index is 1.59. The Morgan fingerprint density at radius 2 is 2.31 bits per heavy atom. The van der Waals surface area contributed by atoms with Gasteiger partial charge in [0.1, 0.15) is 11.9 Å². The van der Waals surface area contributed by atoms with Gasteiger partial charge in [-0.15, -0.1) is 0 Å². The maximum absolute atomic E-state index is 12.2. The number of nitrogens with zero attached hydrogens (tertiary/aromatic N) is 2. The molecule has 8 heteroatoms. The molecule has 4 rings (SSSR count). The lowest BCUT2D eigenvalue weighted by molar-refractivity contribution is -0.119. The fourth-order valence-electron chi connectivity index (χ4n) is 3.33. The van der Waals surface area contributed by atoms with Crippen LogP contribution < -0.4 is 15.0 Å². The normalized spacial score (nSPS) is 18.5. The number of hydrogen-bond donors (Lipinski definition) is 2. The highest BCUT2D eigenvalue weighted by atomic mass is 16.6. The van der Waals surface area contributed by atoms with Crippen LogP contribution in [0.4, 0.5) is 10.5 Å². The highest BCUT2D eigenvalue weighted by Crippen LogP contribution is 2.38. The molecule has 3 heterocycles. The fourth-order valence-corrected chi connectivity index (χ4v) is 3.33. The molecule has 1 aromatic carbocycles. The van der Waals surface area contributed by atoms with Crippen molar-refractivity contribution in [2.75, 3.05) is 24.6 Å². The van der Waals surface area contributed by atoms with Crippen LogP contribution in [0, 0.1) is 6.92 Å². The largest absolute Gasteiger partial charge is 0.492 e. The molecule has 1 aromatic heterocycles. The zero-order valence-corrected chi connectivity index (χ0v) is 14.7. The van der Waals surface area contributed by atoms with E-state index in [4.69, 9.17) is 9.47 Å². The number of hydrogen-bond acceptors (Lipinski definition) is 5. The number of nitrogens with one attached hydrogen (secondary N) is 2. The van der Waals surface area contributed by atoms with Gasteiger partial charge in [-0.05, 0) is 19.1 Å². The summed E-state index contributed by atoms with van der Waals surface area (Å²) in [6, 6.07) is 5.63. The van der Waals surface area contributed by atoms with E-state index >= 15 is 0 Å². The van der Waals surface area contributed by atoms with Gasteiger partial charge in [0.15, 0.2) is 0 Å². The van der Waals surface area contributed by atoms with Crippen LogP contribution in [0.5, 0.6) is 5.75 Å². The van der Waals surface area contributed by atoms with Gasteiger partial charge in [0.2, 0.25) is 5.91 Å². The van der Waals surface area contributed by atoms with Gasteiger partial charge in [-0.25, -0.2) is 4.79 Å². The first kappa shape index (κ1) is 16.4. The predicted molar refractivity (Wildman–Crippen MR) is 94.3 cm³/mol. The molecule has 0 bridgehead atoms. The molecule has 2 amide bonds. The van der Waals surface area contributed by atoms with Gasteiger partial charge in [-0.1, -0.05) is 0 Å². The Bertz CT molecular complexity index is 876. The van der Waals surface area contributed by atoms with E-state index in [1.807, 2.05) is 25.1 Å². The third-order valence-electron chi connectivity index (χ3n) is 4.67. The third kappa shape index (κ3) is 2.87. The van der Waals surface area contributed by atoms with Crippen LogP contribution in [0.25, 0.3) is 11.3 Å². The Labute approximate surface area is 150 Å².